The lowest BCUT2D eigenvalue weighted by atomic mass is 10.2. The van der Waals surface area contributed by atoms with Gasteiger partial charge in [0.2, 0.25) is 0 Å². The zero-order valence-electron chi connectivity index (χ0n) is 14.3. The van der Waals surface area contributed by atoms with E-state index >= 15 is 0 Å². The Morgan fingerprint density at radius 2 is 1.14 bits per heavy atom. The van der Waals surface area contributed by atoms with Crippen LogP contribution in [0.1, 0.15) is 5.56 Å². The van der Waals surface area contributed by atoms with Crippen molar-refractivity contribution < 1.29 is 44.3 Å². The van der Waals surface area contributed by atoms with Gasteiger partial charge >= 0.3 is 36.5 Å². The maximum absolute atomic E-state index is 12.8. The predicted octanol–water partition coefficient (Wildman–Crippen LogP) is 3.00. The fourth-order valence-electron chi connectivity index (χ4n) is 2.22. The monoisotopic (exact) mass is 574 g/mol. The molecule has 3 aromatic carbocycles. The molecule has 0 saturated heterocycles. The van der Waals surface area contributed by atoms with Gasteiger partial charge in [0, 0.05) is 10.0 Å². The standard InChI is InChI=1S/C19H12Cl2F3IO3S/c20-14-3-7-16(8-4-14)25(17-9-5-15(21)6-10-17)28-29(26,27)18-11-1-13(2-12-18)19(22,23)24/h1-12H/q+1. The Morgan fingerprint density at radius 1 is 0.724 bits per heavy atom. The lowest BCUT2D eigenvalue weighted by Crippen LogP contribution is -3.85. The summed E-state index contributed by atoms with van der Waals surface area (Å²) >= 11 is 8.85. The summed E-state index contributed by atoms with van der Waals surface area (Å²) in [4.78, 5) is -0.351. The molecule has 0 atom stereocenters. The number of rotatable bonds is 5. The van der Waals surface area contributed by atoms with Crippen molar-refractivity contribution in [3.05, 3.63) is 95.5 Å². The van der Waals surface area contributed by atoms with Crippen molar-refractivity contribution in [1.82, 2.24) is 0 Å². The summed E-state index contributed by atoms with van der Waals surface area (Å²) in [5.74, 6) is 0. The summed E-state index contributed by atoms with van der Waals surface area (Å²) in [6.07, 6.45) is -4.56. The van der Waals surface area contributed by atoms with Crippen LogP contribution in [0.25, 0.3) is 0 Å². The molecule has 10 heteroatoms. The largest absolute Gasteiger partial charge is 0.416 e. The van der Waals surface area contributed by atoms with Crippen molar-refractivity contribution >= 4 is 33.3 Å². The van der Waals surface area contributed by atoms with Crippen LogP contribution < -0.4 is 20.2 Å². The molecule has 3 aromatic rings. The fraction of sp³-hybridized carbons (Fsp3) is 0.0526. The highest BCUT2D eigenvalue weighted by Gasteiger charge is 2.38. The Morgan fingerprint density at radius 3 is 1.52 bits per heavy atom. The minimum absolute atomic E-state index is 0.351. The molecule has 0 heterocycles. The quantitative estimate of drug-likeness (QED) is 0.440. The van der Waals surface area contributed by atoms with Gasteiger partial charge in [-0.15, -0.1) is 0 Å². The highest BCUT2D eigenvalue weighted by Crippen LogP contribution is 2.29. The van der Waals surface area contributed by atoms with Crippen molar-refractivity contribution in [2.45, 2.75) is 11.1 Å². The van der Waals surface area contributed by atoms with Crippen LogP contribution in [-0.4, -0.2) is 8.42 Å². The third kappa shape index (κ3) is 5.64. The maximum Gasteiger partial charge on any atom is 0.416 e. The smallest absolute Gasteiger partial charge is 0.190 e. The van der Waals surface area contributed by atoms with Crippen LogP contribution in [0, 0.1) is 7.14 Å². The van der Waals surface area contributed by atoms with E-state index in [1.54, 1.807) is 48.5 Å². The second kappa shape index (κ2) is 8.81. The van der Waals surface area contributed by atoms with E-state index in [4.69, 9.17) is 25.7 Å². The summed E-state index contributed by atoms with van der Waals surface area (Å²) in [5.41, 5.74) is -0.942. The molecule has 0 unspecified atom stereocenters. The van der Waals surface area contributed by atoms with Gasteiger partial charge in [0.1, 0.15) is 0 Å². The molecule has 0 aromatic heterocycles. The molecule has 3 nitrogen and oxygen atoms in total. The average molecular weight is 575 g/mol. The van der Waals surface area contributed by atoms with E-state index < -0.39 is 42.1 Å². The Kier molecular flexibility index (Phi) is 6.79. The summed E-state index contributed by atoms with van der Waals surface area (Å²) in [5, 5.41) is 0.956. The first-order valence-corrected chi connectivity index (χ1v) is 13.1. The number of hydrogen-bond acceptors (Lipinski definition) is 3. The predicted molar refractivity (Wildman–Crippen MR) is 100 cm³/mol. The highest BCUT2D eigenvalue weighted by atomic mass is 127. The zero-order chi connectivity index (χ0) is 21.2. The molecule has 0 spiro atoms. The number of halogens is 6. The number of hydrogen-bond donors (Lipinski definition) is 0. The molecule has 0 fully saturated rings. The van der Waals surface area contributed by atoms with Crippen LogP contribution >= 0.6 is 23.2 Å². The molecule has 0 saturated carbocycles. The second-order valence-corrected chi connectivity index (χ2v) is 13.0. The van der Waals surface area contributed by atoms with E-state index in [2.05, 4.69) is 0 Å². The van der Waals surface area contributed by atoms with Crippen molar-refractivity contribution in [2.24, 2.45) is 0 Å². The molecule has 0 bridgehead atoms. The van der Waals surface area contributed by atoms with Crippen molar-refractivity contribution in [1.29, 1.82) is 0 Å². The fourth-order valence-corrected chi connectivity index (χ4v) is 9.36. The second-order valence-electron chi connectivity index (χ2n) is 5.66. The molecule has 0 amide bonds. The molecular formula is C19H12Cl2F3IO3S+. The molecule has 3 rings (SSSR count). The van der Waals surface area contributed by atoms with Gasteiger partial charge in [0.25, 0.3) is 0 Å². The lowest BCUT2D eigenvalue weighted by Gasteiger charge is -2.08. The van der Waals surface area contributed by atoms with E-state index in [-0.39, 0.29) is 4.90 Å². The summed E-state index contributed by atoms with van der Waals surface area (Å²) in [7, 11) is -4.30. The molecular weight excluding hydrogens is 563 g/mol. The van der Waals surface area contributed by atoms with E-state index in [0.717, 1.165) is 12.1 Å². The van der Waals surface area contributed by atoms with E-state index in [0.29, 0.717) is 29.3 Å². The summed E-state index contributed by atoms with van der Waals surface area (Å²) in [6, 6.07) is 16.3. The van der Waals surface area contributed by atoms with E-state index in [9.17, 15) is 21.6 Å². The normalized spacial score (nSPS) is 12.3. The Balaban J connectivity index is 1.98. The topological polar surface area (TPSA) is 43.4 Å². The van der Waals surface area contributed by atoms with Crippen LogP contribution in [0.3, 0.4) is 0 Å². The average Bonchev–Trinajstić information content (AvgIpc) is 2.67. The minimum atomic E-state index is -4.56. The third-order valence-electron chi connectivity index (χ3n) is 3.62. The van der Waals surface area contributed by atoms with Crippen LogP contribution in [0.2, 0.25) is 10.0 Å². The lowest BCUT2D eigenvalue weighted by molar-refractivity contribution is -1.03. The zero-order valence-corrected chi connectivity index (χ0v) is 18.8. The first-order valence-electron chi connectivity index (χ1n) is 7.90. The first kappa shape index (κ1) is 22.4. The molecule has 0 aliphatic heterocycles. The summed E-state index contributed by atoms with van der Waals surface area (Å²) < 4.78 is 70.6. The van der Waals surface area contributed by atoms with Crippen molar-refractivity contribution in [3.8, 4) is 0 Å². The van der Waals surface area contributed by atoms with Crippen LogP contribution in [0.4, 0.5) is 13.2 Å². The van der Waals surface area contributed by atoms with Gasteiger partial charge in [-0.1, -0.05) is 23.2 Å². The van der Waals surface area contributed by atoms with Gasteiger partial charge in [-0.25, -0.2) is 0 Å². The van der Waals surface area contributed by atoms with Crippen molar-refractivity contribution in [3.63, 3.8) is 0 Å². The summed E-state index contributed by atoms with van der Waals surface area (Å²) in [6.45, 7) is 0. The van der Waals surface area contributed by atoms with Crippen LogP contribution in [-0.2, 0) is 18.8 Å². The van der Waals surface area contributed by atoms with Gasteiger partial charge in [-0.3, -0.25) is 0 Å². The van der Waals surface area contributed by atoms with Crippen LogP contribution in [0.5, 0.6) is 0 Å². The highest BCUT2D eigenvalue weighted by molar-refractivity contribution is 7.86. The van der Waals surface area contributed by atoms with Gasteiger partial charge in [0.05, 0.1) is 10.5 Å². The number of alkyl halides is 3. The first-order chi connectivity index (χ1) is 13.6. The molecule has 29 heavy (non-hydrogen) atoms. The Bertz CT molecular complexity index is 1040. The molecule has 0 aliphatic carbocycles. The van der Waals surface area contributed by atoms with E-state index in [1.807, 2.05) is 0 Å². The molecule has 0 aliphatic rings. The molecule has 0 N–H and O–H groups in total. The molecule has 153 valence electrons. The van der Waals surface area contributed by atoms with Gasteiger partial charge in [-0.05, 0) is 75.3 Å². The van der Waals surface area contributed by atoms with Crippen LogP contribution in [0.15, 0.2) is 77.7 Å². The third-order valence-corrected chi connectivity index (χ3v) is 11.5. The maximum atomic E-state index is 12.8. The van der Waals surface area contributed by atoms with Gasteiger partial charge < -0.3 is 0 Å². The number of benzene rings is 3. The van der Waals surface area contributed by atoms with Crippen molar-refractivity contribution in [2.75, 3.05) is 0 Å². The van der Waals surface area contributed by atoms with Gasteiger partial charge in [-0.2, -0.15) is 21.6 Å². The van der Waals surface area contributed by atoms with Gasteiger partial charge in [0.15, 0.2) is 7.14 Å². The molecule has 1 radical (unpaired) electrons. The van der Waals surface area contributed by atoms with E-state index in [1.165, 1.54) is 0 Å². The SMILES string of the molecule is O=S(=O)(O[I+](c1ccc(Cl)cc1)c1ccc(Cl)cc1)c1ccc(C(F)(F)F)cc1. The Hall–Kier alpha value is -1.33. The minimum Gasteiger partial charge on any atom is -0.190 e. The Labute approximate surface area is 183 Å².